The Balaban J connectivity index is 1.63. The summed E-state index contributed by atoms with van der Waals surface area (Å²) in [6.07, 6.45) is 1.54. The van der Waals surface area contributed by atoms with Gasteiger partial charge >= 0.3 is 5.97 Å². The van der Waals surface area contributed by atoms with E-state index >= 15 is 0 Å². The Hall–Kier alpha value is -2.81. The number of carboxylic acids is 1. The molecular formula is C20H13Cl2N3O4S. The van der Waals surface area contributed by atoms with Crippen LogP contribution in [0.4, 0.5) is 11.4 Å². The molecule has 2 heterocycles. The molecule has 0 unspecified atom stereocenters. The number of carbonyl (C=O) groups is 3. The van der Waals surface area contributed by atoms with Crippen LogP contribution in [0.15, 0.2) is 58.4 Å². The van der Waals surface area contributed by atoms with Gasteiger partial charge in [-0.2, -0.15) is 0 Å². The molecule has 2 aliphatic heterocycles. The van der Waals surface area contributed by atoms with Gasteiger partial charge < -0.3 is 15.3 Å². The molecule has 1 fully saturated rings. The van der Waals surface area contributed by atoms with Gasteiger partial charge in [0.2, 0.25) is 5.91 Å². The molecule has 152 valence electrons. The molecule has 0 bridgehead atoms. The van der Waals surface area contributed by atoms with Gasteiger partial charge in [0.25, 0.3) is 5.91 Å². The molecule has 2 amide bonds. The van der Waals surface area contributed by atoms with Gasteiger partial charge in [-0.05, 0) is 47.7 Å². The molecule has 0 saturated carbocycles. The predicted octanol–water partition coefficient (Wildman–Crippen LogP) is 3.94. The summed E-state index contributed by atoms with van der Waals surface area (Å²) in [5.74, 6) is -2.66. The molecule has 2 aromatic carbocycles. The summed E-state index contributed by atoms with van der Waals surface area (Å²) in [7, 11) is 0. The highest BCUT2D eigenvalue weighted by atomic mass is 35.5. The maximum atomic E-state index is 12.9. The number of amidine groups is 1. The number of anilines is 1. The van der Waals surface area contributed by atoms with E-state index in [1.807, 2.05) is 0 Å². The van der Waals surface area contributed by atoms with Crippen molar-refractivity contribution in [2.45, 2.75) is 5.92 Å². The average Bonchev–Trinajstić information content (AvgIpc) is 3.13. The summed E-state index contributed by atoms with van der Waals surface area (Å²) in [5.41, 5.74) is 1.65. The Morgan fingerprint density at radius 3 is 2.60 bits per heavy atom. The van der Waals surface area contributed by atoms with Crippen LogP contribution in [-0.4, -0.2) is 34.6 Å². The number of carbonyl (C=O) groups excluding carboxylic acids is 2. The first-order valence-electron chi connectivity index (χ1n) is 8.70. The minimum Gasteiger partial charge on any atom is -0.480 e. The van der Waals surface area contributed by atoms with Gasteiger partial charge in [0.05, 0.1) is 16.5 Å². The predicted molar refractivity (Wildman–Crippen MR) is 117 cm³/mol. The van der Waals surface area contributed by atoms with E-state index in [-0.39, 0.29) is 0 Å². The van der Waals surface area contributed by atoms with Gasteiger partial charge in [-0.15, -0.1) is 0 Å². The lowest BCUT2D eigenvalue weighted by Gasteiger charge is -2.14. The van der Waals surface area contributed by atoms with Crippen LogP contribution in [0.2, 0.25) is 10.0 Å². The summed E-state index contributed by atoms with van der Waals surface area (Å²) < 4.78 is 0. The number of amides is 2. The fraction of sp³-hybridized carbons (Fsp3) is 0.100. The zero-order valence-electron chi connectivity index (χ0n) is 15.1. The number of aliphatic carboxylic acids is 1. The first-order chi connectivity index (χ1) is 14.3. The Morgan fingerprint density at radius 2 is 1.90 bits per heavy atom. The summed E-state index contributed by atoms with van der Waals surface area (Å²) in [6, 6.07) is 11.7. The van der Waals surface area contributed by atoms with Crippen LogP contribution >= 0.6 is 35.0 Å². The molecule has 4 rings (SSSR count). The van der Waals surface area contributed by atoms with E-state index in [9.17, 15) is 14.4 Å². The standard InChI is InChI=1S/C20H13Cl2N3O4S/c21-10-5-11(22)7-12(6-10)23-20-24-18(28)16(30-20)8-14-13-3-1-2-4-15(13)25(19(14)29)9-17(26)27/h1-8,14H,9H2,(H,26,27)(H,23,24,28)/b16-8-/t14-/m1/s1. The lowest BCUT2D eigenvalue weighted by Crippen LogP contribution is -2.33. The molecule has 2 N–H and O–H groups in total. The highest BCUT2D eigenvalue weighted by Crippen LogP contribution is 2.40. The molecule has 0 radical (unpaired) electrons. The van der Waals surface area contributed by atoms with Crippen LogP contribution in [0.25, 0.3) is 0 Å². The largest absolute Gasteiger partial charge is 0.480 e. The van der Waals surface area contributed by atoms with Crippen molar-refractivity contribution in [2.24, 2.45) is 4.99 Å². The summed E-state index contributed by atoms with van der Waals surface area (Å²) in [6.45, 7) is -0.447. The Labute approximate surface area is 185 Å². The maximum Gasteiger partial charge on any atom is 0.323 e. The van der Waals surface area contributed by atoms with Gasteiger partial charge in [-0.3, -0.25) is 14.4 Å². The van der Waals surface area contributed by atoms with E-state index in [4.69, 9.17) is 28.3 Å². The number of para-hydroxylation sites is 1. The van der Waals surface area contributed by atoms with Crippen LogP contribution in [0.5, 0.6) is 0 Å². The van der Waals surface area contributed by atoms with Gasteiger partial charge in [-0.1, -0.05) is 41.4 Å². The molecule has 7 nitrogen and oxygen atoms in total. The molecule has 0 aromatic heterocycles. The van der Waals surface area contributed by atoms with Crippen molar-refractivity contribution in [3.05, 3.63) is 69.1 Å². The third-order valence-electron chi connectivity index (χ3n) is 4.43. The van der Waals surface area contributed by atoms with E-state index in [0.29, 0.717) is 37.1 Å². The molecule has 0 aliphatic carbocycles. The molecule has 2 aliphatic rings. The van der Waals surface area contributed by atoms with E-state index < -0.39 is 30.2 Å². The summed E-state index contributed by atoms with van der Waals surface area (Å²) in [5, 5.41) is 12.9. The van der Waals surface area contributed by atoms with E-state index in [2.05, 4.69) is 10.3 Å². The minimum atomic E-state index is -1.12. The van der Waals surface area contributed by atoms with Crippen molar-refractivity contribution < 1.29 is 19.5 Å². The van der Waals surface area contributed by atoms with Gasteiger partial charge in [0, 0.05) is 15.7 Å². The van der Waals surface area contributed by atoms with Crippen molar-refractivity contribution in [1.29, 1.82) is 0 Å². The normalized spacial score (nSPS) is 20.7. The second-order valence-corrected chi connectivity index (χ2v) is 8.39. The van der Waals surface area contributed by atoms with Crippen molar-refractivity contribution in [3.8, 4) is 0 Å². The monoisotopic (exact) mass is 461 g/mol. The van der Waals surface area contributed by atoms with Crippen LogP contribution in [0.1, 0.15) is 11.5 Å². The number of nitrogens with one attached hydrogen (secondary N) is 1. The molecule has 0 spiro atoms. The molecule has 2 aromatic rings. The number of fused-ring (bicyclic) bond motifs is 1. The topological polar surface area (TPSA) is 99.1 Å². The molecule has 1 saturated heterocycles. The third kappa shape index (κ3) is 4.07. The number of halogens is 2. The fourth-order valence-electron chi connectivity index (χ4n) is 3.24. The smallest absolute Gasteiger partial charge is 0.323 e. The van der Waals surface area contributed by atoms with Gasteiger partial charge in [0.1, 0.15) is 6.54 Å². The number of rotatable bonds is 4. The minimum absolute atomic E-state index is 0.298. The molecular weight excluding hydrogens is 449 g/mol. The van der Waals surface area contributed by atoms with Crippen molar-refractivity contribution >= 4 is 69.3 Å². The van der Waals surface area contributed by atoms with Crippen LogP contribution in [0.3, 0.4) is 0 Å². The Kier molecular flexibility index (Phi) is 5.55. The lowest BCUT2D eigenvalue weighted by molar-refractivity contribution is -0.136. The van der Waals surface area contributed by atoms with Crippen LogP contribution in [0, 0.1) is 0 Å². The molecule has 30 heavy (non-hydrogen) atoms. The highest BCUT2D eigenvalue weighted by Gasteiger charge is 2.38. The number of nitrogens with zero attached hydrogens (tertiary/aromatic N) is 2. The van der Waals surface area contributed by atoms with E-state index in [1.165, 1.54) is 11.0 Å². The lowest BCUT2D eigenvalue weighted by atomic mass is 10.0. The first kappa shape index (κ1) is 20.5. The fourth-order valence-corrected chi connectivity index (χ4v) is 4.61. The van der Waals surface area contributed by atoms with Gasteiger partial charge in [-0.25, -0.2) is 4.99 Å². The molecule has 10 heteroatoms. The second-order valence-electron chi connectivity index (χ2n) is 6.49. The Bertz CT molecular complexity index is 1130. The quantitative estimate of drug-likeness (QED) is 0.671. The maximum absolute atomic E-state index is 12.9. The van der Waals surface area contributed by atoms with Crippen molar-refractivity contribution in [1.82, 2.24) is 5.32 Å². The average molecular weight is 462 g/mol. The summed E-state index contributed by atoms with van der Waals surface area (Å²) >= 11 is 13.0. The number of carboxylic acid groups (broad SMARTS) is 1. The van der Waals surface area contributed by atoms with Crippen molar-refractivity contribution in [3.63, 3.8) is 0 Å². The van der Waals surface area contributed by atoms with E-state index in [1.54, 1.807) is 42.5 Å². The number of thioether (sulfide) groups is 1. The number of benzene rings is 2. The number of hydrogen-bond donors (Lipinski definition) is 2. The number of hydrogen-bond acceptors (Lipinski definition) is 5. The SMILES string of the molecule is O=C(O)CN1C(=O)[C@H](/C=C2\SC(=Nc3cc(Cl)cc(Cl)c3)NC2=O)c2ccccc21. The zero-order chi connectivity index (χ0) is 21.4. The van der Waals surface area contributed by atoms with Crippen molar-refractivity contribution in [2.75, 3.05) is 11.4 Å². The highest BCUT2D eigenvalue weighted by molar-refractivity contribution is 8.18. The second kappa shape index (κ2) is 8.14. The number of aliphatic imine (C=N–C) groups is 1. The Morgan fingerprint density at radius 1 is 1.20 bits per heavy atom. The zero-order valence-corrected chi connectivity index (χ0v) is 17.5. The van der Waals surface area contributed by atoms with Crippen LogP contribution < -0.4 is 10.2 Å². The first-order valence-corrected chi connectivity index (χ1v) is 10.3. The molecule has 1 atom stereocenters. The summed E-state index contributed by atoms with van der Waals surface area (Å²) in [4.78, 5) is 42.3. The van der Waals surface area contributed by atoms with E-state index in [0.717, 1.165) is 11.8 Å². The van der Waals surface area contributed by atoms with Gasteiger partial charge in [0.15, 0.2) is 5.17 Å². The third-order valence-corrected chi connectivity index (χ3v) is 5.80. The van der Waals surface area contributed by atoms with Crippen LogP contribution in [-0.2, 0) is 14.4 Å².